The normalized spacial score (nSPS) is 23.8. The molecule has 1 aromatic rings. The lowest BCUT2D eigenvalue weighted by Crippen LogP contribution is -2.59. The van der Waals surface area contributed by atoms with Gasteiger partial charge in [-0.15, -0.1) is 4.91 Å². The van der Waals surface area contributed by atoms with Gasteiger partial charge in [0, 0.05) is 19.1 Å². The summed E-state index contributed by atoms with van der Waals surface area (Å²) in [7, 11) is 0. The number of rotatable bonds is 12. The van der Waals surface area contributed by atoms with E-state index in [2.05, 4.69) is 9.91 Å². The Morgan fingerprint density at radius 2 is 1.69 bits per heavy atom. The van der Waals surface area contributed by atoms with Crippen molar-refractivity contribution in [2.45, 2.75) is 95.8 Å². The number of hydrogen-bond acceptors (Lipinski definition) is 5. The molecule has 0 radical (unpaired) electrons. The number of ether oxygens (including phenoxy) is 2. The fourth-order valence-corrected chi connectivity index (χ4v) is 6.97. The van der Waals surface area contributed by atoms with Crippen LogP contribution in [0.25, 0.3) is 0 Å². The highest BCUT2D eigenvalue weighted by molar-refractivity contribution is 14.1. The van der Waals surface area contributed by atoms with Crippen LogP contribution in [0.2, 0.25) is 0 Å². The highest BCUT2D eigenvalue weighted by Gasteiger charge is 2.77. The smallest absolute Gasteiger partial charge is 0.377 e. The van der Waals surface area contributed by atoms with Crippen LogP contribution in [0.15, 0.2) is 40.6 Å². The first-order valence-electron chi connectivity index (χ1n) is 14.1. The minimum atomic E-state index is -5.65. The number of benzene rings is 1. The van der Waals surface area contributed by atoms with Gasteiger partial charge in [-0.1, -0.05) is 56.5 Å². The molecule has 0 saturated carbocycles. The predicted molar refractivity (Wildman–Crippen MR) is 154 cm³/mol. The summed E-state index contributed by atoms with van der Waals surface area (Å²) in [6.45, 7) is 6.55. The molecule has 0 N–H and O–H groups in total. The van der Waals surface area contributed by atoms with Crippen LogP contribution in [-0.4, -0.2) is 52.8 Å². The molecule has 1 aliphatic heterocycles. The van der Waals surface area contributed by atoms with Crippen molar-refractivity contribution in [3.05, 3.63) is 51.4 Å². The van der Waals surface area contributed by atoms with E-state index in [1.165, 1.54) is 10.0 Å². The van der Waals surface area contributed by atoms with Crippen molar-refractivity contribution in [1.82, 2.24) is 3.11 Å². The summed E-state index contributed by atoms with van der Waals surface area (Å²) < 4.78 is 96.6. The van der Waals surface area contributed by atoms with Crippen molar-refractivity contribution in [2.75, 3.05) is 19.8 Å². The van der Waals surface area contributed by atoms with Crippen molar-refractivity contribution in [3.8, 4) is 0 Å². The van der Waals surface area contributed by atoms with Gasteiger partial charge in [0.15, 0.2) is 0 Å². The van der Waals surface area contributed by atoms with Crippen LogP contribution in [0.3, 0.4) is 0 Å². The molecule has 13 heteroatoms. The fourth-order valence-electron chi connectivity index (χ4n) is 6.16. The third-order valence-electron chi connectivity index (χ3n) is 8.33. The Bertz CT molecular complexity index is 1130. The number of aryl methyl sites for hydroxylation is 1. The molecule has 0 fully saturated rings. The van der Waals surface area contributed by atoms with Gasteiger partial charge in [0.25, 0.3) is 11.5 Å². The lowest BCUT2D eigenvalue weighted by molar-refractivity contribution is -0.358. The summed E-state index contributed by atoms with van der Waals surface area (Å²) in [5.41, 5.74) is -5.18. The highest BCUT2D eigenvalue weighted by Crippen LogP contribution is 2.59. The Labute approximate surface area is 256 Å². The first kappa shape index (κ1) is 34.7. The molecule has 4 atom stereocenters. The Balaban J connectivity index is 1.77. The average Bonchev–Trinajstić information content (AvgIpc) is 3.33. The minimum absolute atomic E-state index is 0.0421. The maximum atomic E-state index is 14.1. The van der Waals surface area contributed by atoms with Crippen LogP contribution in [0.4, 0.5) is 26.3 Å². The molecule has 0 saturated heterocycles. The zero-order valence-corrected chi connectivity index (χ0v) is 26.2. The van der Waals surface area contributed by atoms with Crippen molar-refractivity contribution in [3.63, 3.8) is 0 Å². The van der Waals surface area contributed by atoms with E-state index in [1.807, 2.05) is 43.6 Å². The second-order valence-electron chi connectivity index (χ2n) is 11.2. The highest BCUT2D eigenvalue weighted by atomic mass is 127. The number of alkyl halides is 6. The number of nitrogens with zero attached hydrogens (tertiary/aromatic N) is 2. The summed E-state index contributed by atoms with van der Waals surface area (Å²) in [5.74, 6) is -1.72. The standard InChI is InChI=1S/C29H37F6IN2O4/c1-5-8-19-16-23-22(17-42-27(23,28(30,31)32)29(33,34)35)21(9-6-2)24(19)41-15-7-14-38(36)25(39)26(4,37-40)20-12-10-18(3)11-13-20/h10-13,19,21,24H,5-9,14-17H2,1-4H3. The monoisotopic (exact) mass is 718 g/mol. The molecule has 0 spiro atoms. The second kappa shape index (κ2) is 13.5. The van der Waals surface area contributed by atoms with E-state index in [1.54, 1.807) is 24.3 Å². The van der Waals surface area contributed by atoms with Crippen molar-refractivity contribution in [2.24, 2.45) is 17.0 Å². The maximum absolute atomic E-state index is 14.1. The van der Waals surface area contributed by atoms with Crippen LogP contribution in [-0.2, 0) is 19.8 Å². The first-order chi connectivity index (χ1) is 19.6. The molecule has 0 aromatic heterocycles. The number of halogens is 7. The van der Waals surface area contributed by atoms with Crippen LogP contribution < -0.4 is 0 Å². The van der Waals surface area contributed by atoms with Gasteiger partial charge in [-0.05, 0) is 67.3 Å². The van der Waals surface area contributed by atoms with E-state index in [0.29, 0.717) is 37.7 Å². The topological polar surface area (TPSA) is 68.2 Å². The lowest BCUT2D eigenvalue weighted by Gasteiger charge is -2.42. The van der Waals surface area contributed by atoms with Gasteiger partial charge in [-0.3, -0.25) is 7.91 Å². The lowest BCUT2D eigenvalue weighted by atomic mass is 9.68. The number of carbonyl (C=O) groups is 1. The van der Waals surface area contributed by atoms with Gasteiger partial charge in [0.05, 0.1) is 35.6 Å². The Morgan fingerprint density at radius 1 is 1.10 bits per heavy atom. The van der Waals surface area contributed by atoms with Crippen LogP contribution in [0.1, 0.15) is 70.4 Å². The molecule has 3 rings (SSSR count). The summed E-state index contributed by atoms with van der Waals surface area (Å²) in [4.78, 5) is 24.9. The molecule has 2 aliphatic rings. The van der Waals surface area contributed by atoms with Gasteiger partial charge >= 0.3 is 12.4 Å². The Hall–Kier alpha value is -1.74. The first-order valence-corrected chi connectivity index (χ1v) is 15.1. The van der Waals surface area contributed by atoms with E-state index >= 15 is 0 Å². The van der Waals surface area contributed by atoms with Gasteiger partial charge in [0.1, 0.15) is 0 Å². The largest absolute Gasteiger partial charge is 0.430 e. The maximum Gasteiger partial charge on any atom is 0.430 e. The van der Waals surface area contributed by atoms with Crippen molar-refractivity contribution in [1.29, 1.82) is 0 Å². The van der Waals surface area contributed by atoms with E-state index < -0.39 is 65.9 Å². The number of amides is 1. The fraction of sp³-hybridized carbons (Fsp3) is 0.690. The molecule has 42 heavy (non-hydrogen) atoms. The minimum Gasteiger partial charge on any atom is -0.377 e. The summed E-state index contributed by atoms with van der Waals surface area (Å²) in [5, 5.41) is 3.13. The molecule has 1 amide bonds. The Kier molecular flexibility index (Phi) is 11.2. The number of carbonyl (C=O) groups excluding carboxylic acids is 1. The van der Waals surface area contributed by atoms with E-state index in [0.717, 1.165) is 5.56 Å². The second-order valence-corrected chi connectivity index (χ2v) is 12.4. The molecule has 1 aromatic carbocycles. The van der Waals surface area contributed by atoms with Gasteiger partial charge in [0.2, 0.25) is 5.54 Å². The van der Waals surface area contributed by atoms with Crippen molar-refractivity contribution >= 4 is 28.8 Å². The number of nitroso groups, excluding NO2 is 1. The molecule has 236 valence electrons. The summed E-state index contributed by atoms with van der Waals surface area (Å²) in [6, 6.07) is 6.92. The van der Waals surface area contributed by atoms with Crippen molar-refractivity contribution < 1.29 is 40.6 Å². The molecular weight excluding hydrogens is 681 g/mol. The zero-order valence-electron chi connectivity index (χ0n) is 24.1. The quantitative estimate of drug-likeness (QED) is 0.0545. The molecule has 4 unspecified atom stereocenters. The molecule has 0 bridgehead atoms. The molecule has 1 heterocycles. The van der Waals surface area contributed by atoms with Crippen LogP contribution in [0, 0.1) is 23.7 Å². The van der Waals surface area contributed by atoms with Crippen LogP contribution >= 0.6 is 22.9 Å². The van der Waals surface area contributed by atoms with Gasteiger partial charge in [-0.25, -0.2) is 0 Å². The van der Waals surface area contributed by atoms with Gasteiger partial charge in [-0.2, -0.15) is 26.3 Å². The zero-order chi connectivity index (χ0) is 31.5. The Morgan fingerprint density at radius 3 is 2.21 bits per heavy atom. The van der Waals surface area contributed by atoms with Gasteiger partial charge < -0.3 is 9.47 Å². The average molecular weight is 719 g/mol. The van der Waals surface area contributed by atoms with Crippen LogP contribution in [0.5, 0.6) is 0 Å². The molecule has 1 aliphatic carbocycles. The molecular formula is C29H37F6IN2O4. The number of hydrogen-bond donors (Lipinski definition) is 0. The van der Waals surface area contributed by atoms with E-state index in [-0.39, 0.29) is 18.7 Å². The SMILES string of the molecule is CCCC1CC2=C(COC2(C(F)(F)F)C(F)(F)F)C(CCC)C1OCCCN(I)C(=O)C(C)(N=O)c1ccc(C)cc1. The van der Waals surface area contributed by atoms with E-state index in [9.17, 15) is 36.0 Å². The summed E-state index contributed by atoms with van der Waals surface area (Å²) >= 11 is 1.81. The molecule has 6 nitrogen and oxygen atoms in total. The third-order valence-corrected chi connectivity index (χ3v) is 9.25. The third kappa shape index (κ3) is 6.52. The van der Waals surface area contributed by atoms with E-state index in [4.69, 9.17) is 4.74 Å². The summed E-state index contributed by atoms with van der Waals surface area (Å²) in [6.07, 6.45) is -10.1. The predicted octanol–water partition coefficient (Wildman–Crippen LogP) is 8.36.